The molecule has 0 bridgehead atoms. The number of alkyl halides is 1. The van der Waals surface area contributed by atoms with E-state index in [4.69, 9.17) is 0 Å². The number of fused-ring (bicyclic) bond motifs is 2. The van der Waals surface area contributed by atoms with Crippen LogP contribution in [0.5, 0.6) is 0 Å². The van der Waals surface area contributed by atoms with Gasteiger partial charge in [-0.3, -0.25) is 0 Å². The molecule has 1 atom stereocenters. The number of allylic oxidation sites excluding steroid dienone is 9. The Morgan fingerprint density at radius 1 is 1.13 bits per heavy atom. The van der Waals surface area contributed by atoms with Gasteiger partial charge >= 0.3 is 0 Å². The molecule has 0 spiro atoms. The summed E-state index contributed by atoms with van der Waals surface area (Å²) in [5.41, 5.74) is 7.14. The van der Waals surface area contributed by atoms with Gasteiger partial charge in [0.15, 0.2) is 0 Å². The van der Waals surface area contributed by atoms with Crippen LogP contribution in [0.2, 0.25) is 13.1 Å². The lowest BCUT2D eigenvalue weighted by Gasteiger charge is -2.32. The summed E-state index contributed by atoms with van der Waals surface area (Å²) in [6.45, 7) is 7.31. The number of hydrogen-bond acceptors (Lipinski definition) is 0. The Kier molecular flexibility index (Phi) is 3.51. The lowest BCUT2D eigenvalue weighted by molar-refractivity contribution is 1.14. The standard InChI is InChI=1S/C21H21BrSi/c1-14-12-18-19(13-15-8-4-7-11-17(15)20(18)22)21(14)23(2,3)16-9-5-6-10-16/h4-9,11-13,20H,10H2,1-3H3. The zero-order valence-corrected chi connectivity index (χ0v) is 16.4. The van der Waals surface area contributed by atoms with Gasteiger partial charge in [-0.15, -0.1) is 0 Å². The van der Waals surface area contributed by atoms with Crippen LogP contribution in [0, 0.1) is 0 Å². The van der Waals surface area contributed by atoms with Crippen molar-refractivity contribution in [2.24, 2.45) is 0 Å². The Labute approximate surface area is 148 Å². The molecule has 0 aromatic heterocycles. The maximum absolute atomic E-state index is 3.95. The minimum atomic E-state index is -1.62. The van der Waals surface area contributed by atoms with E-state index in [-0.39, 0.29) is 0 Å². The quantitative estimate of drug-likeness (QED) is 0.408. The fraction of sp³-hybridized carbons (Fsp3) is 0.238. The molecule has 0 radical (unpaired) electrons. The number of halogens is 1. The van der Waals surface area contributed by atoms with Crippen molar-refractivity contribution in [3.8, 4) is 0 Å². The number of benzene rings is 1. The molecule has 4 rings (SSSR count). The first-order valence-electron chi connectivity index (χ1n) is 8.24. The summed E-state index contributed by atoms with van der Waals surface area (Å²) < 4.78 is 0. The molecular weight excluding hydrogens is 360 g/mol. The first-order valence-corrected chi connectivity index (χ1v) is 12.2. The molecule has 0 amide bonds. The fourth-order valence-electron chi connectivity index (χ4n) is 4.20. The molecule has 3 aliphatic carbocycles. The third kappa shape index (κ3) is 2.23. The third-order valence-corrected chi connectivity index (χ3v) is 10.3. The molecule has 116 valence electrons. The van der Waals surface area contributed by atoms with Crippen LogP contribution in [-0.2, 0) is 0 Å². The molecule has 0 fully saturated rings. The second-order valence-electron chi connectivity index (χ2n) is 7.16. The fourth-order valence-corrected chi connectivity index (χ4v) is 8.41. The van der Waals surface area contributed by atoms with E-state index in [9.17, 15) is 0 Å². The summed E-state index contributed by atoms with van der Waals surface area (Å²) in [5.74, 6) is 0. The Morgan fingerprint density at radius 3 is 2.65 bits per heavy atom. The highest BCUT2D eigenvalue weighted by Crippen LogP contribution is 2.51. The van der Waals surface area contributed by atoms with Crippen molar-refractivity contribution in [3.05, 3.63) is 86.8 Å². The second-order valence-corrected chi connectivity index (χ2v) is 12.5. The third-order valence-electron chi connectivity index (χ3n) is 5.39. The van der Waals surface area contributed by atoms with Gasteiger partial charge in [-0.25, -0.2) is 0 Å². The van der Waals surface area contributed by atoms with Gasteiger partial charge in [0.25, 0.3) is 0 Å². The summed E-state index contributed by atoms with van der Waals surface area (Å²) in [7, 11) is -1.62. The maximum Gasteiger partial charge on any atom is 0.109 e. The predicted octanol–water partition coefficient (Wildman–Crippen LogP) is 6.45. The van der Waals surface area contributed by atoms with E-state index >= 15 is 0 Å². The lowest BCUT2D eigenvalue weighted by Crippen LogP contribution is -2.33. The van der Waals surface area contributed by atoms with E-state index in [0.29, 0.717) is 4.83 Å². The van der Waals surface area contributed by atoms with Gasteiger partial charge in [0.1, 0.15) is 8.07 Å². The first kappa shape index (κ1) is 15.2. The van der Waals surface area contributed by atoms with Crippen molar-refractivity contribution in [2.45, 2.75) is 31.3 Å². The summed E-state index contributed by atoms with van der Waals surface area (Å²) in [4.78, 5) is 0.312. The molecule has 1 aromatic rings. The first-order chi connectivity index (χ1) is 11.0. The summed E-state index contributed by atoms with van der Waals surface area (Å²) >= 11 is 3.95. The van der Waals surface area contributed by atoms with Gasteiger partial charge in [-0.1, -0.05) is 88.4 Å². The largest absolute Gasteiger partial charge is 0.109 e. The Morgan fingerprint density at radius 2 is 1.91 bits per heavy atom. The van der Waals surface area contributed by atoms with Crippen LogP contribution in [0.3, 0.4) is 0 Å². The van der Waals surface area contributed by atoms with Crippen LogP contribution >= 0.6 is 15.9 Å². The number of hydrogen-bond donors (Lipinski definition) is 0. The van der Waals surface area contributed by atoms with Gasteiger partial charge in [-0.05, 0) is 46.9 Å². The second kappa shape index (κ2) is 5.32. The zero-order valence-electron chi connectivity index (χ0n) is 13.9. The van der Waals surface area contributed by atoms with E-state index in [1.165, 1.54) is 27.8 Å². The molecule has 0 aliphatic heterocycles. The van der Waals surface area contributed by atoms with Gasteiger partial charge < -0.3 is 0 Å². The van der Waals surface area contributed by atoms with E-state index in [2.05, 4.69) is 90.6 Å². The minimum absolute atomic E-state index is 0.312. The molecule has 0 saturated heterocycles. The number of rotatable bonds is 2. The smallest absolute Gasteiger partial charge is 0.0809 e. The minimum Gasteiger partial charge on any atom is -0.0809 e. The van der Waals surface area contributed by atoms with Crippen molar-refractivity contribution in [1.82, 2.24) is 0 Å². The van der Waals surface area contributed by atoms with Crippen molar-refractivity contribution in [2.75, 3.05) is 0 Å². The molecule has 2 heteroatoms. The van der Waals surface area contributed by atoms with E-state index < -0.39 is 8.07 Å². The highest BCUT2D eigenvalue weighted by molar-refractivity contribution is 9.09. The van der Waals surface area contributed by atoms with Crippen molar-refractivity contribution in [1.29, 1.82) is 0 Å². The topological polar surface area (TPSA) is 0 Å². The highest BCUT2D eigenvalue weighted by Gasteiger charge is 2.39. The summed E-state index contributed by atoms with van der Waals surface area (Å²) in [6, 6.07) is 8.75. The Balaban J connectivity index is 1.85. The monoisotopic (exact) mass is 380 g/mol. The lowest BCUT2D eigenvalue weighted by atomic mass is 9.89. The van der Waals surface area contributed by atoms with Crippen molar-refractivity contribution in [3.63, 3.8) is 0 Å². The molecule has 1 unspecified atom stereocenters. The Bertz CT molecular complexity index is 846. The summed E-state index contributed by atoms with van der Waals surface area (Å²) in [5, 5.41) is 3.27. The maximum atomic E-state index is 3.95. The summed E-state index contributed by atoms with van der Waals surface area (Å²) in [6.07, 6.45) is 12.8. The van der Waals surface area contributed by atoms with E-state index in [1.54, 1.807) is 10.4 Å². The Hall–Kier alpha value is -1.38. The highest BCUT2D eigenvalue weighted by atomic mass is 79.9. The molecule has 23 heavy (non-hydrogen) atoms. The molecule has 3 aliphatic rings. The van der Waals surface area contributed by atoms with E-state index in [1.807, 2.05) is 0 Å². The van der Waals surface area contributed by atoms with Crippen LogP contribution in [0.15, 0.2) is 75.7 Å². The molecule has 1 aromatic carbocycles. The SMILES string of the molecule is CC1=C([Si](C)(C)C2=CC=CC2)C2=Cc3ccccc3C(Br)C2=C1. The van der Waals surface area contributed by atoms with Crippen molar-refractivity contribution < 1.29 is 0 Å². The van der Waals surface area contributed by atoms with Crippen LogP contribution in [0.4, 0.5) is 0 Å². The molecule has 0 N–H and O–H groups in total. The van der Waals surface area contributed by atoms with Gasteiger partial charge in [0, 0.05) is 0 Å². The average molecular weight is 381 g/mol. The van der Waals surface area contributed by atoms with Gasteiger partial charge in [0.2, 0.25) is 0 Å². The molecular formula is C21H21BrSi. The van der Waals surface area contributed by atoms with Gasteiger partial charge in [0.05, 0.1) is 4.83 Å². The predicted molar refractivity (Wildman–Crippen MR) is 106 cm³/mol. The molecule has 0 heterocycles. The van der Waals surface area contributed by atoms with E-state index in [0.717, 1.165) is 6.42 Å². The van der Waals surface area contributed by atoms with Crippen LogP contribution in [-0.4, -0.2) is 8.07 Å². The zero-order chi connectivity index (χ0) is 16.2. The van der Waals surface area contributed by atoms with Crippen molar-refractivity contribution >= 4 is 30.1 Å². The van der Waals surface area contributed by atoms with Crippen LogP contribution < -0.4 is 0 Å². The molecule has 0 saturated carbocycles. The van der Waals surface area contributed by atoms with Crippen LogP contribution in [0.25, 0.3) is 6.08 Å². The average Bonchev–Trinajstić information content (AvgIpc) is 3.15. The normalized spacial score (nSPS) is 22.6. The molecule has 0 nitrogen and oxygen atoms in total. The van der Waals surface area contributed by atoms with Crippen LogP contribution in [0.1, 0.15) is 29.3 Å². The van der Waals surface area contributed by atoms with Gasteiger partial charge in [-0.2, -0.15) is 0 Å².